The summed E-state index contributed by atoms with van der Waals surface area (Å²) in [6.45, 7) is 4.72. The third-order valence-corrected chi connectivity index (χ3v) is 7.24. The molecule has 0 saturated carbocycles. The fourth-order valence-corrected chi connectivity index (χ4v) is 5.71. The lowest BCUT2D eigenvalue weighted by molar-refractivity contribution is 0.661. The molecule has 146 valence electrons. The monoisotopic (exact) mass is 395 g/mol. The topological polar surface area (TPSA) is 12.9 Å². The summed E-state index contributed by atoms with van der Waals surface area (Å²) in [5.74, 6) is 0. The molecule has 0 N–H and O–H groups in total. The van der Waals surface area contributed by atoms with Crippen LogP contribution >= 0.6 is 0 Å². The van der Waals surface area contributed by atoms with Crippen molar-refractivity contribution in [3.8, 4) is 22.4 Å². The van der Waals surface area contributed by atoms with Gasteiger partial charge < -0.3 is 0 Å². The van der Waals surface area contributed by atoms with Crippen LogP contribution in [0.2, 0.25) is 0 Å². The van der Waals surface area contributed by atoms with Crippen LogP contribution in [0.25, 0.3) is 54.7 Å². The average Bonchev–Trinajstić information content (AvgIpc) is 3.04. The van der Waals surface area contributed by atoms with Gasteiger partial charge in [0, 0.05) is 17.2 Å². The maximum atomic E-state index is 4.58. The van der Waals surface area contributed by atoms with Gasteiger partial charge in [-0.05, 0) is 78.8 Å². The molecule has 1 aliphatic rings. The van der Waals surface area contributed by atoms with Gasteiger partial charge in [-0.15, -0.1) is 0 Å². The van der Waals surface area contributed by atoms with Crippen LogP contribution in [-0.4, -0.2) is 4.98 Å². The first-order valence-corrected chi connectivity index (χ1v) is 10.9. The second-order valence-electron chi connectivity index (χ2n) is 9.26. The maximum absolute atomic E-state index is 4.58. The normalized spacial score (nSPS) is 14.4. The Kier molecular flexibility index (Phi) is 3.13. The van der Waals surface area contributed by atoms with E-state index in [2.05, 4.69) is 97.7 Å². The summed E-state index contributed by atoms with van der Waals surface area (Å²) in [5, 5.41) is 8.12. The summed E-state index contributed by atoms with van der Waals surface area (Å²) in [5.41, 5.74) is 7.73. The molecule has 0 unspecified atom stereocenters. The Hall–Kier alpha value is -3.71. The molecule has 0 radical (unpaired) electrons. The molecule has 0 aliphatic heterocycles. The minimum atomic E-state index is -0.0556. The fraction of sp³-hybridized carbons (Fsp3) is 0.100. The number of benzene rings is 5. The molecule has 31 heavy (non-hydrogen) atoms. The SMILES string of the molecule is CC1(C)c2cc(-c3ccccn3)ccc2-c2c1cc1ccc3cccc4ccc2c1c34. The lowest BCUT2D eigenvalue weighted by Crippen LogP contribution is -2.15. The first-order valence-electron chi connectivity index (χ1n) is 10.9. The van der Waals surface area contributed by atoms with Gasteiger partial charge in [-0.1, -0.05) is 74.5 Å². The highest BCUT2D eigenvalue weighted by Crippen LogP contribution is 2.54. The highest BCUT2D eigenvalue weighted by molar-refractivity contribution is 6.26. The van der Waals surface area contributed by atoms with Crippen LogP contribution in [0.4, 0.5) is 0 Å². The number of hydrogen-bond donors (Lipinski definition) is 0. The largest absolute Gasteiger partial charge is 0.256 e. The van der Waals surface area contributed by atoms with E-state index in [0.29, 0.717) is 0 Å². The first kappa shape index (κ1) is 17.0. The molecule has 0 fully saturated rings. The third kappa shape index (κ3) is 2.13. The Balaban J connectivity index is 1.60. The van der Waals surface area contributed by atoms with E-state index in [1.807, 2.05) is 12.3 Å². The predicted octanol–water partition coefficient (Wildman–Crippen LogP) is 7.95. The molecule has 1 heterocycles. The van der Waals surface area contributed by atoms with E-state index >= 15 is 0 Å². The number of hydrogen-bond acceptors (Lipinski definition) is 1. The Morgan fingerprint density at radius 2 is 1.45 bits per heavy atom. The molecule has 0 saturated heterocycles. The predicted molar refractivity (Wildman–Crippen MR) is 131 cm³/mol. The molecule has 1 aromatic heterocycles. The van der Waals surface area contributed by atoms with Crippen molar-refractivity contribution >= 4 is 32.3 Å². The van der Waals surface area contributed by atoms with Crippen LogP contribution in [0, 0.1) is 0 Å². The Bertz CT molecular complexity index is 1620. The van der Waals surface area contributed by atoms with Crippen molar-refractivity contribution in [1.82, 2.24) is 4.98 Å². The highest BCUT2D eigenvalue weighted by Gasteiger charge is 2.37. The lowest BCUT2D eigenvalue weighted by atomic mass is 9.80. The molecule has 1 aliphatic carbocycles. The maximum Gasteiger partial charge on any atom is 0.0702 e. The summed E-state index contributed by atoms with van der Waals surface area (Å²) < 4.78 is 0. The molecule has 1 heteroatoms. The number of nitrogens with zero attached hydrogens (tertiary/aromatic N) is 1. The van der Waals surface area contributed by atoms with E-state index in [1.54, 1.807) is 0 Å². The van der Waals surface area contributed by atoms with Gasteiger partial charge in [0.15, 0.2) is 0 Å². The van der Waals surface area contributed by atoms with E-state index in [1.165, 1.54) is 60.1 Å². The van der Waals surface area contributed by atoms with Crippen LogP contribution in [0.1, 0.15) is 25.0 Å². The van der Waals surface area contributed by atoms with Crippen LogP contribution in [0.3, 0.4) is 0 Å². The zero-order chi connectivity index (χ0) is 20.7. The quantitative estimate of drug-likeness (QED) is 0.257. The second-order valence-corrected chi connectivity index (χ2v) is 9.26. The van der Waals surface area contributed by atoms with Crippen molar-refractivity contribution in [2.24, 2.45) is 0 Å². The number of aromatic nitrogens is 1. The van der Waals surface area contributed by atoms with Gasteiger partial charge in [0.05, 0.1) is 5.69 Å². The summed E-state index contributed by atoms with van der Waals surface area (Å²) >= 11 is 0. The second kappa shape index (κ2) is 5.70. The zero-order valence-electron chi connectivity index (χ0n) is 17.6. The van der Waals surface area contributed by atoms with E-state index < -0.39 is 0 Å². The van der Waals surface area contributed by atoms with Crippen LogP contribution in [-0.2, 0) is 5.41 Å². The van der Waals surface area contributed by atoms with Crippen LogP contribution < -0.4 is 0 Å². The van der Waals surface area contributed by atoms with Gasteiger partial charge in [0.1, 0.15) is 0 Å². The minimum Gasteiger partial charge on any atom is -0.256 e. The number of fused-ring (bicyclic) bond motifs is 4. The molecule has 0 bridgehead atoms. The summed E-state index contributed by atoms with van der Waals surface area (Å²) in [6.07, 6.45) is 1.87. The van der Waals surface area contributed by atoms with Gasteiger partial charge in [0.2, 0.25) is 0 Å². The fourth-order valence-electron chi connectivity index (χ4n) is 5.71. The van der Waals surface area contributed by atoms with Crippen molar-refractivity contribution in [2.75, 3.05) is 0 Å². The molecule has 7 rings (SSSR count). The lowest BCUT2D eigenvalue weighted by Gasteiger charge is -2.23. The molecular weight excluding hydrogens is 374 g/mol. The third-order valence-electron chi connectivity index (χ3n) is 7.24. The molecule has 6 aromatic rings. The smallest absolute Gasteiger partial charge is 0.0702 e. The Labute approximate surface area is 181 Å². The average molecular weight is 396 g/mol. The molecule has 5 aromatic carbocycles. The van der Waals surface area contributed by atoms with Crippen LogP contribution in [0.15, 0.2) is 91.1 Å². The van der Waals surface area contributed by atoms with Gasteiger partial charge in [-0.2, -0.15) is 0 Å². The Morgan fingerprint density at radius 1 is 0.645 bits per heavy atom. The van der Waals surface area contributed by atoms with E-state index in [9.17, 15) is 0 Å². The number of pyridine rings is 1. The van der Waals surface area contributed by atoms with E-state index in [0.717, 1.165) is 5.69 Å². The van der Waals surface area contributed by atoms with Crippen molar-refractivity contribution < 1.29 is 0 Å². The standard InChI is InChI=1S/C30H21N/c1-30(2)24-16-20(26-8-3-4-15-31-26)12-13-22(24)29-23-14-11-19-7-5-6-18-9-10-21(17-25(29)30)28(23)27(18)19/h3-17H,1-2H3. The van der Waals surface area contributed by atoms with Crippen molar-refractivity contribution in [3.05, 3.63) is 102 Å². The van der Waals surface area contributed by atoms with Gasteiger partial charge in [-0.25, -0.2) is 0 Å². The van der Waals surface area contributed by atoms with Crippen molar-refractivity contribution in [3.63, 3.8) is 0 Å². The highest BCUT2D eigenvalue weighted by atomic mass is 14.7. The Morgan fingerprint density at radius 3 is 2.26 bits per heavy atom. The summed E-state index contributed by atoms with van der Waals surface area (Å²) in [7, 11) is 0. The summed E-state index contributed by atoms with van der Waals surface area (Å²) in [4.78, 5) is 4.58. The summed E-state index contributed by atoms with van der Waals surface area (Å²) in [6, 6.07) is 31.2. The van der Waals surface area contributed by atoms with Gasteiger partial charge in [0.25, 0.3) is 0 Å². The number of rotatable bonds is 1. The first-order chi connectivity index (χ1) is 15.1. The minimum absolute atomic E-state index is 0.0556. The van der Waals surface area contributed by atoms with Crippen molar-refractivity contribution in [1.29, 1.82) is 0 Å². The van der Waals surface area contributed by atoms with Gasteiger partial charge >= 0.3 is 0 Å². The van der Waals surface area contributed by atoms with Gasteiger partial charge in [-0.3, -0.25) is 4.98 Å². The molecular formula is C30H21N. The molecule has 0 spiro atoms. The molecule has 0 amide bonds. The van der Waals surface area contributed by atoms with E-state index in [4.69, 9.17) is 0 Å². The van der Waals surface area contributed by atoms with Crippen LogP contribution in [0.5, 0.6) is 0 Å². The van der Waals surface area contributed by atoms with E-state index in [-0.39, 0.29) is 5.41 Å². The molecule has 1 nitrogen and oxygen atoms in total. The van der Waals surface area contributed by atoms with Crippen molar-refractivity contribution in [2.45, 2.75) is 19.3 Å². The molecule has 0 atom stereocenters. The zero-order valence-corrected chi connectivity index (χ0v) is 17.6.